The van der Waals surface area contributed by atoms with Crippen LogP contribution in [0.25, 0.3) is 0 Å². The van der Waals surface area contributed by atoms with Crippen molar-refractivity contribution in [3.05, 3.63) is 29.8 Å². The number of benzene rings is 1. The maximum absolute atomic E-state index is 11.5. The van der Waals surface area contributed by atoms with Gasteiger partial charge in [-0.2, -0.15) is 0 Å². The fourth-order valence-electron chi connectivity index (χ4n) is 2.16. The van der Waals surface area contributed by atoms with Gasteiger partial charge in [0.2, 0.25) is 5.91 Å². The average molecular weight is 462 g/mol. The van der Waals surface area contributed by atoms with Gasteiger partial charge < -0.3 is 20.3 Å². The largest absolute Gasteiger partial charge is 0.494 e. The fraction of sp³-hybridized carbons (Fsp3) is 0.556. The first-order valence-corrected chi connectivity index (χ1v) is 8.39. The molecule has 0 saturated heterocycles. The lowest BCUT2D eigenvalue weighted by atomic mass is 10.2. The molecule has 0 unspecified atom stereocenters. The van der Waals surface area contributed by atoms with Crippen LogP contribution >= 0.6 is 24.0 Å². The van der Waals surface area contributed by atoms with Crippen molar-refractivity contribution in [1.29, 1.82) is 0 Å². The number of rotatable bonds is 8. The average Bonchev–Trinajstić information content (AvgIpc) is 2.56. The van der Waals surface area contributed by atoms with Crippen LogP contribution in [0.5, 0.6) is 5.75 Å². The van der Waals surface area contributed by atoms with Gasteiger partial charge in [0.15, 0.2) is 5.96 Å². The summed E-state index contributed by atoms with van der Waals surface area (Å²) < 4.78 is 5.45. The highest BCUT2D eigenvalue weighted by molar-refractivity contribution is 14.0. The highest BCUT2D eigenvalue weighted by Gasteiger charge is 2.08. The molecule has 0 radical (unpaired) electrons. The first-order chi connectivity index (χ1) is 11.5. The van der Waals surface area contributed by atoms with Crippen LogP contribution in [0.1, 0.15) is 26.3 Å². The van der Waals surface area contributed by atoms with Crippen molar-refractivity contribution in [1.82, 2.24) is 15.5 Å². The Bertz CT molecular complexity index is 532. The number of guanidine groups is 1. The summed E-state index contributed by atoms with van der Waals surface area (Å²) in [5.41, 5.74) is 1.18. The number of aliphatic imine (C=N–C) groups is 1. The molecule has 6 nitrogen and oxygen atoms in total. The maximum Gasteiger partial charge on any atom is 0.222 e. The van der Waals surface area contributed by atoms with Crippen LogP contribution < -0.4 is 15.4 Å². The molecule has 0 fully saturated rings. The van der Waals surface area contributed by atoms with E-state index in [1.54, 1.807) is 7.05 Å². The smallest absolute Gasteiger partial charge is 0.222 e. The lowest BCUT2D eigenvalue weighted by Crippen LogP contribution is -2.42. The molecular formula is C18H31IN4O2. The van der Waals surface area contributed by atoms with Gasteiger partial charge in [0, 0.05) is 39.6 Å². The van der Waals surface area contributed by atoms with E-state index in [4.69, 9.17) is 4.74 Å². The number of nitrogens with zero attached hydrogens (tertiary/aromatic N) is 2. The quantitative estimate of drug-likeness (QED) is 0.270. The Kier molecular flexibility index (Phi) is 12.0. The molecule has 0 heterocycles. The van der Waals surface area contributed by atoms with Crippen molar-refractivity contribution in [3.63, 3.8) is 0 Å². The van der Waals surface area contributed by atoms with Crippen molar-refractivity contribution in [2.24, 2.45) is 10.9 Å². The minimum atomic E-state index is 0. The second kappa shape index (κ2) is 12.8. The zero-order valence-electron chi connectivity index (χ0n) is 15.8. The molecule has 25 heavy (non-hydrogen) atoms. The van der Waals surface area contributed by atoms with Crippen LogP contribution in [0.3, 0.4) is 0 Å². The molecule has 0 aliphatic heterocycles. The Morgan fingerprint density at radius 2 is 1.80 bits per heavy atom. The third-order valence-electron chi connectivity index (χ3n) is 3.46. The zero-order chi connectivity index (χ0) is 17.9. The van der Waals surface area contributed by atoms with Gasteiger partial charge in [0.05, 0.1) is 6.61 Å². The van der Waals surface area contributed by atoms with Crippen LogP contribution in [0.4, 0.5) is 0 Å². The van der Waals surface area contributed by atoms with Crippen LogP contribution in [0.2, 0.25) is 0 Å². The predicted molar refractivity (Wildman–Crippen MR) is 114 cm³/mol. The van der Waals surface area contributed by atoms with Crippen LogP contribution in [-0.2, 0) is 11.3 Å². The van der Waals surface area contributed by atoms with Crippen LogP contribution in [-0.4, -0.2) is 50.6 Å². The number of ether oxygens (including phenoxy) is 1. The number of carbonyl (C=O) groups is 1. The minimum absolute atomic E-state index is 0. The number of hydrogen-bond donors (Lipinski definition) is 2. The molecule has 142 valence electrons. The van der Waals surface area contributed by atoms with E-state index < -0.39 is 0 Å². The summed E-state index contributed by atoms with van der Waals surface area (Å²) in [5, 5.41) is 6.13. The Morgan fingerprint density at radius 3 is 2.32 bits per heavy atom. The molecular weight excluding hydrogens is 431 g/mol. The molecule has 0 saturated carbocycles. The Morgan fingerprint density at radius 1 is 1.20 bits per heavy atom. The molecule has 0 bridgehead atoms. The normalized spacial score (nSPS) is 10.9. The van der Waals surface area contributed by atoms with Crippen LogP contribution in [0.15, 0.2) is 29.3 Å². The molecule has 0 atom stereocenters. The van der Waals surface area contributed by atoms with Crippen molar-refractivity contribution < 1.29 is 9.53 Å². The van der Waals surface area contributed by atoms with Crippen molar-refractivity contribution in [2.75, 3.05) is 33.8 Å². The summed E-state index contributed by atoms with van der Waals surface area (Å²) in [6.45, 7) is 8.36. The molecule has 1 rings (SSSR count). The molecule has 7 heteroatoms. The number of hydrogen-bond acceptors (Lipinski definition) is 3. The highest BCUT2D eigenvalue weighted by atomic mass is 127. The second-order valence-electron chi connectivity index (χ2n) is 5.85. The van der Waals surface area contributed by atoms with Crippen molar-refractivity contribution in [3.8, 4) is 5.75 Å². The monoisotopic (exact) mass is 462 g/mol. The lowest BCUT2D eigenvalue weighted by molar-refractivity contribution is -0.123. The van der Waals surface area contributed by atoms with E-state index in [9.17, 15) is 4.79 Å². The van der Waals surface area contributed by atoms with Gasteiger partial charge in [-0.1, -0.05) is 26.0 Å². The SMILES string of the molecule is CCOc1ccc(CN(C)C(=NC)NCCNC(=O)C(C)C)cc1.I. The fourth-order valence-corrected chi connectivity index (χ4v) is 2.16. The van der Waals surface area contributed by atoms with Gasteiger partial charge in [-0.15, -0.1) is 24.0 Å². The Labute approximate surface area is 168 Å². The maximum atomic E-state index is 11.5. The Balaban J connectivity index is 0.00000576. The summed E-state index contributed by atoms with van der Waals surface area (Å²) in [6, 6.07) is 8.06. The van der Waals surface area contributed by atoms with E-state index in [1.807, 2.05) is 44.9 Å². The lowest BCUT2D eigenvalue weighted by Gasteiger charge is -2.22. The Hall–Kier alpha value is -1.51. The summed E-state index contributed by atoms with van der Waals surface area (Å²) in [6.07, 6.45) is 0. The third-order valence-corrected chi connectivity index (χ3v) is 3.46. The summed E-state index contributed by atoms with van der Waals surface area (Å²) >= 11 is 0. The summed E-state index contributed by atoms with van der Waals surface area (Å²) in [5.74, 6) is 1.75. The van der Waals surface area contributed by atoms with E-state index in [-0.39, 0.29) is 35.8 Å². The minimum Gasteiger partial charge on any atom is -0.494 e. The topological polar surface area (TPSA) is 66.0 Å². The van der Waals surface area contributed by atoms with E-state index in [2.05, 4.69) is 27.8 Å². The van der Waals surface area contributed by atoms with Gasteiger partial charge in [0.1, 0.15) is 5.75 Å². The molecule has 2 N–H and O–H groups in total. The molecule has 0 aliphatic rings. The van der Waals surface area contributed by atoms with E-state index >= 15 is 0 Å². The zero-order valence-corrected chi connectivity index (χ0v) is 18.2. The molecule has 0 aliphatic carbocycles. The van der Waals surface area contributed by atoms with Crippen molar-refractivity contribution in [2.45, 2.75) is 27.3 Å². The standard InChI is InChI=1S/C18H30N4O2.HI/c1-6-24-16-9-7-15(8-10-16)13-22(5)18(19-4)21-12-11-20-17(23)14(2)3;/h7-10,14H,6,11-13H2,1-5H3,(H,19,21)(H,20,23);1H. The number of nitrogens with one attached hydrogen (secondary N) is 2. The second-order valence-corrected chi connectivity index (χ2v) is 5.85. The predicted octanol–water partition coefficient (Wildman–Crippen LogP) is 2.48. The third kappa shape index (κ3) is 8.94. The number of carbonyl (C=O) groups excluding carboxylic acids is 1. The number of amides is 1. The van der Waals surface area contributed by atoms with Crippen molar-refractivity contribution >= 4 is 35.8 Å². The molecule has 1 amide bonds. The van der Waals surface area contributed by atoms with Gasteiger partial charge in [-0.05, 0) is 24.6 Å². The molecule has 0 aromatic heterocycles. The first kappa shape index (κ1) is 23.5. The van der Waals surface area contributed by atoms with E-state index in [0.717, 1.165) is 18.3 Å². The summed E-state index contributed by atoms with van der Waals surface area (Å²) in [7, 11) is 3.74. The first-order valence-electron chi connectivity index (χ1n) is 8.39. The molecule has 1 aromatic carbocycles. The highest BCUT2D eigenvalue weighted by Crippen LogP contribution is 2.13. The molecule has 1 aromatic rings. The van der Waals surface area contributed by atoms with E-state index in [0.29, 0.717) is 19.7 Å². The van der Waals surface area contributed by atoms with Gasteiger partial charge in [-0.25, -0.2) is 0 Å². The van der Waals surface area contributed by atoms with Gasteiger partial charge >= 0.3 is 0 Å². The van der Waals surface area contributed by atoms with E-state index in [1.165, 1.54) is 5.56 Å². The number of halogens is 1. The van der Waals surface area contributed by atoms with Gasteiger partial charge in [0.25, 0.3) is 0 Å². The van der Waals surface area contributed by atoms with Crippen LogP contribution in [0, 0.1) is 5.92 Å². The van der Waals surface area contributed by atoms with Gasteiger partial charge in [-0.3, -0.25) is 9.79 Å². The molecule has 0 spiro atoms. The summed E-state index contributed by atoms with van der Waals surface area (Å²) in [4.78, 5) is 17.8.